The van der Waals surface area contributed by atoms with Gasteiger partial charge in [0.25, 0.3) is 5.69 Å². The van der Waals surface area contributed by atoms with E-state index in [4.69, 9.17) is 22.3 Å². The van der Waals surface area contributed by atoms with Crippen LogP contribution in [0.3, 0.4) is 0 Å². The molecule has 1 heterocycles. The third kappa shape index (κ3) is 3.29. The van der Waals surface area contributed by atoms with Gasteiger partial charge in [0.15, 0.2) is 4.20 Å². The van der Waals surface area contributed by atoms with Crippen molar-refractivity contribution in [3.63, 3.8) is 0 Å². The van der Waals surface area contributed by atoms with E-state index < -0.39 is 25.9 Å². The first-order valence-electron chi connectivity index (χ1n) is 10.2. The average molecular weight is 478 g/mol. The molecule has 31 heavy (non-hydrogen) atoms. The lowest BCUT2D eigenvalue weighted by molar-refractivity contribution is -0.384. The number of non-ortho nitro benzene ring substituents is 1. The maximum absolute atomic E-state index is 11.4. The number of rotatable bonds is 10. The zero-order chi connectivity index (χ0) is 22.9. The van der Waals surface area contributed by atoms with Crippen LogP contribution in [0.2, 0.25) is 5.02 Å². The molecule has 3 rings (SSSR count). The normalized spacial score (nSPS) is 27.6. The molecule has 1 aliphatic carbocycles. The number of hydrogen-bond acceptors (Lipinski definition) is 8. The lowest BCUT2D eigenvalue weighted by Crippen LogP contribution is -2.32. The molecule has 1 aromatic rings. The van der Waals surface area contributed by atoms with Gasteiger partial charge in [0, 0.05) is 23.1 Å². The van der Waals surface area contributed by atoms with Crippen molar-refractivity contribution in [2.24, 2.45) is 21.6 Å². The molecule has 0 bridgehead atoms. The third-order valence-electron chi connectivity index (χ3n) is 6.02. The minimum absolute atomic E-state index is 0.122. The fourth-order valence-corrected chi connectivity index (χ4v) is 8.31. The van der Waals surface area contributed by atoms with E-state index in [1.54, 1.807) is 23.5 Å². The van der Waals surface area contributed by atoms with Gasteiger partial charge in [-0.15, -0.1) is 23.5 Å². The number of nitriles is 2. The molecule has 1 aliphatic heterocycles. The van der Waals surface area contributed by atoms with Crippen molar-refractivity contribution < 1.29 is 4.92 Å². The maximum atomic E-state index is 11.4. The largest absolute Gasteiger partial charge is 0.386 e. The fraction of sp³-hybridized carbons (Fsp3) is 0.571. The Balaban J connectivity index is 2.17. The predicted molar refractivity (Wildman–Crippen MR) is 126 cm³/mol. The number of nitrogens with zero attached hydrogens (tertiary/aromatic N) is 4. The fourth-order valence-electron chi connectivity index (χ4n) is 4.40. The SMILES string of the molecule is CCCCSC1(SCCCC)N=C(N)C2(C#N)C(c3cc([N+](=O)[O-])ccc3Cl)C12C#N. The van der Waals surface area contributed by atoms with E-state index in [0.29, 0.717) is 5.56 Å². The molecule has 3 atom stereocenters. The Bertz CT molecular complexity index is 994. The Kier molecular flexibility index (Phi) is 6.81. The van der Waals surface area contributed by atoms with E-state index in [1.165, 1.54) is 18.2 Å². The van der Waals surface area contributed by atoms with Gasteiger partial charge in [-0.05, 0) is 36.0 Å². The van der Waals surface area contributed by atoms with Crippen molar-refractivity contribution in [2.75, 3.05) is 11.5 Å². The van der Waals surface area contributed by atoms with Crippen LogP contribution in [0.1, 0.15) is 51.0 Å². The second-order valence-electron chi connectivity index (χ2n) is 7.72. The van der Waals surface area contributed by atoms with Gasteiger partial charge >= 0.3 is 0 Å². The van der Waals surface area contributed by atoms with Crippen LogP contribution in [0, 0.1) is 43.6 Å². The summed E-state index contributed by atoms with van der Waals surface area (Å²) in [7, 11) is 0. The van der Waals surface area contributed by atoms with E-state index in [2.05, 4.69) is 26.0 Å². The molecule has 10 heteroatoms. The standard InChI is InChI=1S/C21H24ClN5O2S2/c1-3-5-9-30-21(31-10-6-4-2)20(13-24)17(19(20,12-23)18(25)26-21)15-11-14(27(28)29)7-8-16(15)22/h7-8,11,17H,3-6,9-10H2,1-2H3,(H2,25,26). The van der Waals surface area contributed by atoms with Crippen molar-refractivity contribution in [2.45, 2.75) is 49.7 Å². The number of hydrogen-bond donors (Lipinski definition) is 1. The maximum Gasteiger partial charge on any atom is 0.269 e. The number of halogens is 1. The topological polar surface area (TPSA) is 129 Å². The molecule has 0 aromatic heterocycles. The molecule has 164 valence electrons. The van der Waals surface area contributed by atoms with E-state index in [9.17, 15) is 20.6 Å². The van der Waals surface area contributed by atoms with Crippen LogP contribution in [0.4, 0.5) is 5.69 Å². The van der Waals surface area contributed by atoms with Gasteiger partial charge < -0.3 is 5.73 Å². The molecule has 1 aromatic carbocycles. The summed E-state index contributed by atoms with van der Waals surface area (Å²) in [5, 5.41) is 32.4. The molecule has 0 amide bonds. The first-order valence-corrected chi connectivity index (χ1v) is 12.6. The number of nitro groups is 1. The highest BCUT2D eigenvalue weighted by atomic mass is 35.5. The van der Waals surface area contributed by atoms with E-state index in [-0.39, 0.29) is 16.5 Å². The van der Waals surface area contributed by atoms with Crippen LogP contribution in [-0.4, -0.2) is 26.5 Å². The number of aliphatic imine (C=N–C) groups is 1. The Hall–Kier alpha value is -1.94. The summed E-state index contributed by atoms with van der Waals surface area (Å²) in [6.45, 7) is 4.18. The van der Waals surface area contributed by atoms with Crippen molar-refractivity contribution in [1.82, 2.24) is 0 Å². The molecule has 2 aliphatic rings. The van der Waals surface area contributed by atoms with Gasteiger partial charge in [-0.3, -0.25) is 10.1 Å². The first kappa shape index (κ1) is 23.7. The summed E-state index contributed by atoms with van der Waals surface area (Å²) in [5.41, 5.74) is 4.04. The summed E-state index contributed by atoms with van der Waals surface area (Å²) in [6, 6.07) is 8.84. The van der Waals surface area contributed by atoms with Crippen LogP contribution < -0.4 is 5.73 Å². The Morgan fingerprint density at radius 2 is 1.84 bits per heavy atom. The molecule has 1 saturated carbocycles. The number of nitro benzene ring substituents is 1. The molecule has 7 nitrogen and oxygen atoms in total. The predicted octanol–water partition coefficient (Wildman–Crippen LogP) is 5.46. The van der Waals surface area contributed by atoms with E-state index in [1.807, 2.05) is 0 Å². The highest BCUT2D eigenvalue weighted by molar-refractivity contribution is 8.18. The van der Waals surface area contributed by atoms with Crippen molar-refractivity contribution in [3.8, 4) is 12.1 Å². The lowest BCUT2D eigenvalue weighted by atomic mass is 9.97. The monoisotopic (exact) mass is 477 g/mol. The van der Waals surface area contributed by atoms with Gasteiger partial charge in [-0.25, -0.2) is 4.99 Å². The molecule has 3 unspecified atom stereocenters. The van der Waals surface area contributed by atoms with Crippen LogP contribution in [0.15, 0.2) is 23.2 Å². The number of benzene rings is 1. The molecule has 0 spiro atoms. The second kappa shape index (κ2) is 8.90. The van der Waals surface area contributed by atoms with Crippen LogP contribution in [0.25, 0.3) is 0 Å². The number of unbranched alkanes of at least 4 members (excludes halogenated alkanes) is 2. The average Bonchev–Trinajstić information content (AvgIpc) is 3.32. The Morgan fingerprint density at radius 3 is 2.32 bits per heavy atom. The van der Waals surface area contributed by atoms with Crippen LogP contribution in [-0.2, 0) is 0 Å². The minimum atomic E-state index is -1.35. The number of amidine groups is 1. The molecule has 0 radical (unpaired) electrons. The quantitative estimate of drug-likeness (QED) is 0.205. The Labute approximate surface area is 195 Å². The second-order valence-corrected chi connectivity index (χ2v) is 11.0. The van der Waals surface area contributed by atoms with Gasteiger partial charge in [0.2, 0.25) is 0 Å². The van der Waals surface area contributed by atoms with E-state index >= 15 is 0 Å². The summed E-state index contributed by atoms with van der Waals surface area (Å²) < 4.78 is -0.954. The zero-order valence-corrected chi connectivity index (χ0v) is 19.8. The van der Waals surface area contributed by atoms with E-state index in [0.717, 1.165) is 37.2 Å². The van der Waals surface area contributed by atoms with Gasteiger partial charge in [-0.1, -0.05) is 38.3 Å². The van der Waals surface area contributed by atoms with Crippen molar-refractivity contribution in [3.05, 3.63) is 38.9 Å². The van der Waals surface area contributed by atoms with Crippen molar-refractivity contribution >= 4 is 46.6 Å². The lowest BCUT2D eigenvalue weighted by Gasteiger charge is -2.32. The van der Waals surface area contributed by atoms with Gasteiger partial charge in [-0.2, -0.15) is 10.5 Å². The zero-order valence-electron chi connectivity index (χ0n) is 17.4. The number of thioether (sulfide) groups is 2. The molecular weight excluding hydrogens is 454 g/mol. The smallest absolute Gasteiger partial charge is 0.269 e. The summed E-state index contributed by atoms with van der Waals surface area (Å²) >= 11 is 9.56. The van der Waals surface area contributed by atoms with Crippen molar-refractivity contribution in [1.29, 1.82) is 10.5 Å². The number of fused-ring (bicyclic) bond motifs is 1. The van der Waals surface area contributed by atoms with Gasteiger partial charge in [0.05, 0.1) is 17.1 Å². The van der Waals surface area contributed by atoms with Gasteiger partial charge in [0.1, 0.15) is 16.7 Å². The highest BCUT2D eigenvalue weighted by Crippen LogP contribution is 2.85. The summed E-state index contributed by atoms with van der Waals surface area (Å²) in [4.78, 5) is 15.6. The minimum Gasteiger partial charge on any atom is -0.386 e. The molecule has 1 fully saturated rings. The van der Waals surface area contributed by atoms with Crippen LogP contribution >= 0.6 is 35.1 Å². The molecule has 2 N–H and O–H groups in total. The first-order chi connectivity index (χ1) is 14.8. The Morgan fingerprint density at radius 1 is 1.23 bits per heavy atom. The molecular formula is C21H24ClN5O2S2. The number of nitrogens with two attached hydrogens (primary N) is 1. The summed E-state index contributed by atoms with van der Waals surface area (Å²) in [5.74, 6) is 0.986. The molecule has 0 saturated heterocycles. The summed E-state index contributed by atoms with van der Waals surface area (Å²) in [6.07, 6.45) is 3.87. The van der Waals surface area contributed by atoms with Crippen LogP contribution in [0.5, 0.6) is 0 Å². The highest BCUT2D eigenvalue weighted by Gasteiger charge is 2.92. The third-order valence-corrected chi connectivity index (χ3v) is 9.67.